The first-order chi connectivity index (χ1) is 12.1. The van der Waals surface area contributed by atoms with E-state index in [9.17, 15) is 0 Å². The zero-order valence-corrected chi connectivity index (χ0v) is 15.1. The van der Waals surface area contributed by atoms with Gasteiger partial charge in [0.05, 0.1) is 19.2 Å². The molecule has 5 nitrogen and oxygen atoms in total. The van der Waals surface area contributed by atoms with E-state index in [4.69, 9.17) is 9.26 Å². The van der Waals surface area contributed by atoms with Crippen LogP contribution in [0.3, 0.4) is 0 Å². The molecule has 1 aromatic heterocycles. The van der Waals surface area contributed by atoms with Crippen LogP contribution in [0.4, 0.5) is 5.69 Å². The molecule has 0 aliphatic rings. The van der Waals surface area contributed by atoms with Gasteiger partial charge in [0.25, 0.3) is 0 Å². The van der Waals surface area contributed by atoms with Crippen molar-refractivity contribution in [2.24, 2.45) is 0 Å². The fourth-order valence-electron chi connectivity index (χ4n) is 2.71. The van der Waals surface area contributed by atoms with Gasteiger partial charge in [0.1, 0.15) is 5.75 Å². The minimum atomic E-state index is 0.310. The highest BCUT2D eigenvalue weighted by atomic mass is 16.5. The zero-order valence-electron chi connectivity index (χ0n) is 15.1. The molecule has 0 spiro atoms. The molecule has 0 saturated carbocycles. The molecule has 0 fully saturated rings. The molecule has 0 bridgehead atoms. The van der Waals surface area contributed by atoms with Crippen molar-refractivity contribution in [2.75, 3.05) is 12.0 Å². The van der Waals surface area contributed by atoms with E-state index in [-0.39, 0.29) is 0 Å². The van der Waals surface area contributed by atoms with Crippen LogP contribution in [0.5, 0.6) is 5.75 Å². The average molecular weight is 337 g/mol. The molecule has 3 rings (SSSR count). The van der Waals surface area contributed by atoms with Crippen molar-refractivity contribution in [1.82, 2.24) is 10.1 Å². The van der Waals surface area contributed by atoms with Crippen molar-refractivity contribution in [3.63, 3.8) is 0 Å². The number of hydrogen-bond donors (Lipinski definition) is 0. The van der Waals surface area contributed by atoms with Gasteiger partial charge in [-0.25, -0.2) is 0 Å². The lowest BCUT2D eigenvalue weighted by atomic mass is 10.2. The minimum absolute atomic E-state index is 0.310. The van der Waals surface area contributed by atoms with Gasteiger partial charge in [-0.1, -0.05) is 35.0 Å². The Morgan fingerprint density at radius 3 is 2.48 bits per heavy atom. The summed E-state index contributed by atoms with van der Waals surface area (Å²) in [5.74, 6) is 1.85. The average Bonchev–Trinajstić information content (AvgIpc) is 3.09. The summed E-state index contributed by atoms with van der Waals surface area (Å²) < 4.78 is 10.9. The standard InChI is InChI=1S/C20H23N3O2/c1-14(2)23(16-11-9-15(3)10-12-16)13-19-21-20(22-25-19)17-7-5-6-8-18(17)24-4/h5-12,14H,13H2,1-4H3. The monoisotopic (exact) mass is 337 g/mol. The van der Waals surface area contributed by atoms with Crippen LogP contribution in [0, 0.1) is 6.92 Å². The van der Waals surface area contributed by atoms with Crippen LogP contribution in [0.15, 0.2) is 53.1 Å². The predicted molar refractivity (Wildman–Crippen MR) is 98.8 cm³/mol. The molecule has 1 heterocycles. The Morgan fingerprint density at radius 1 is 1.08 bits per heavy atom. The molecule has 0 N–H and O–H groups in total. The number of aryl methyl sites for hydroxylation is 1. The number of aromatic nitrogens is 2. The lowest BCUT2D eigenvalue weighted by molar-refractivity contribution is 0.373. The van der Waals surface area contributed by atoms with Crippen LogP contribution in [0.2, 0.25) is 0 Å². The minimum Gasteiger partial charge on any atom is -0.496 e. The third-order valence-electron chi connectivity index (χ3n) is 4.11. The van der Waals surface area contributed by atoms with Crippen molar-refractivity contribution in [3.05, 3.63) is 60.0 Å². The van der Waals surface area contributed by atoms with Crippen molar-refractivity contribution in [2.45, 2.75) is 33.4 Å². The van der Waals surface area contributed by atoms with Crippen molar-refractivity contribution in [3.8, 4) is 17.1 Å². The largest absolute Gasteiger partial charge is 0.496 e. The molecular weight excluding hydrogens is 314 g/mol. The highest BCUT2D eigenvalue weighted by Gasteiger charge is 2.17. The van der Waals surface area contributed by atoms with E-state index in [1.54, 1.807) is 7.11 Å². The Morgan fingerprint density at radius 2 is 1.80 bits per heavy atom. The number of hydrogen-bond acceptors (Lipinski definition) is 5. The number of rotatable bonds is 6. The smallest absolute Gasteiger partial charge is 0.246 e. The third-order valence-corrected chi connectivity index (χ3v) is 4.11. The lowest BCUT2D eigenvalue weighted by Crippen LogP contribution is -2.30. The van der Waals surface area contributed by atoms with E-state index in [2.05, 4.69) is 60.1 Å². The normalized spacial score (nSPS) is 10.9. The summed E-state index contributed by atoms with van der Waals surface area (Å²) in [5, 5.41) is 4.12. The van der Waals surface area contributed by atoms with Gasteiger partial charge in [0, 0.05) is 11.7 Å². The molecule has 25 heavy (non-hydrogen) atoms. The van der Waals surface area contributed by atoms with Gasteiger partial charge in [-0.2, -0.15) is 4.98 Å². The molecule has 2 aromatic carbocycles. The topological polar surface area (TPSA) is 51.4 Å². The summed E-state index contributed by atoms with van der Waals surface area (Å²) in [4.78, 5) is 6.79. The molecule has 3 aromatic rings. The van der Waals surface area contributed by atoms with Gasteiger partial charge < -0.3 is 14.2 Å². The lowest BCUT2D eigenvalue weighted by Gasteiger charge is -2.27. The summed E-state index contributed by atoms with van der Waals surface area (Å²) in [6, 6.07) is 16.4. The van der Waals surface area contributed by atoms with Crippen LogP contribution in [-0.2, 0) is 6.54 Å². The van der Waals surface area contributed by atoms with Crippen molar-refractivity contribution in [1.29, 1.82) is 0 Å². The number of para-hydroxylation sites is 1. The summed E-state index contributed by atoms with van der Waals surface area (Å²) in [6.07, 6.45) is 0. The first-order valence-electron chi connectivity index (χ1n) is 8.37. The van der Waals surface area contributed by atoms with Crippen LogP contribution < -0.4 is 9.64 Å². The first-order valence-corrected chi connectivity index (χ1v) is 8.37. The van der Waals surface area contributed by atoms with Gasteiger partial charge in [-0.3, -0.25) is 0 Å². The van der Waals surface area contributed by atoms with Gasteiger partial charge >= 0.3 is 0 Å². The van der Waals surface area contributed by atoms with Gasteiger partial charge in [0.15, 0.2) is 0 Å². The molecule has 5 heteroatoms. The van der Waals surface area contributed by atoms with E-state index in [1.165, 1.54) is 5.56 Å². The van der Waals surface area contributed by atoms with E-state index >= 15 is 0 Å². The maximum absolute atomic E-state index is 5.49. The zero-order chi connectivity index (χ0) is 17.8. The quantitative estimate of drug-likeness (QED) is 0.664. The Labute approximate surface area is 148 Å². The summed E-state index contributed by atoms with van der Waals surface area (Å²) in [6.45, 7) is 6.94. The molecule has 0 aliphatic carbocycles. The molecule has 0 amide bonds. The van der Waals surface area contributed by atoms with E-state index in [1.807, 2.05) is 24.3 Å². The maximum atomic E-state index is 5.49. The molecule has 0 saturated heterocycles. The van der Waals surface area contributed by atoms with E-state index in [0.717, 1.165) is 17.0 Å². The SMILES string of the molecule is COc1ccccc1-c1noc(CN(c2ccc(C)cc2)C(C)C)n1. The molecule has 0 radical (unpaired) electrons. The van der Waals surface area contributed by atoms with Crippen LogP contribution in [0.1, 0.15) is 25.3 Å². The second kappa shape index (κ2) is 7.38. The van der Waals surface area contributed by atoms with Crippen molar-refractivity contribution >= 4 is 5.69 Å². The third kappa shape index (κ3) is 3.82. The summed E-state index contributed by atoms with van der Waals surface area (Å²) >= 11 is 0. The molecule has 0 aliphatic heterocycles. The predicted octanol–water partition coefficient (Wildman–Crippen LogP) is 4.47. The molecular formula is C20H23N3O2. The summed E-state index contributed by atoms with van der Waals surface area (Å²) in [5.41, 5.74) is 3.20. The highest BCUT2D eigenvalue weighted by molar-refractivity contribution is 5.63. The fraction of sp³-hybridized carbons (Fsp3) is 0.300. The fourth-order valence-corrected chi connectivity index (χ4v) is 2.71. The maximum Gasteiger partial charge on any atom is 0.246 e. The number of nitrogens with zero attached hydrogens (tertiary/aromatic N) is 3. The van der Waals surface area contributed by atoms with Gasteiger partial charge in [-0.15, -0.1) is 0 Å². The van der Waals surface area contributed by atoms with Crippen LogP contribution in [-0.4, -0.2) is 23.3 Å². The number of ether oxygens (including phenoxy) is 1. The Kier molecular flexibility index (Phi) is 5.03. The molecule has 0 unspecified atom stereocenters. The Balaban J connectivity index is 1.85. The second-order valence-electron chi connectivity index (χ2n) is 6.27. The first kappa shape index (κ1) is 17.0. The van der Waals surface area contributed by atoms with Gasteiger partial charge in [-0.05, 0) is 45.0 Å². The summed E-state index contributed by atoms with van der Waals surface area (Å²) in [7, 11) is 1.64. The van der Waals surface area contributed by atoms with Crippen molar-refractivity contribution < 1.29 is 9.26 Å². The Hall–Kier alpha value is -2.82. The molecule has 130 valence electrons. The van der Waals surface area contributed by atoms with E-state index in [0.29, 0.717) is 24.3 Å². The van der Waals surface area contributed by atoms with Crippen LogP contribution >= 0.6 is 0 Å². The number of methoxy groups -OCH3 is 1. The molecule has 0 atom stereocenters. The van der Waals surface area contributed by atoms with Gasteiger partial charge in [0.2, 0.25) is 11.7 Å². The Bertz CT molecular complexity index is 825. The number of anilines is 1. The highest BCUT2D eigenvalue weighted by Crippen LogP contribution is 2.28. The van der Waals surface area contributed by atoms with E-state index < -0.39 is 0 Å². The number of benzene rings is 2. The van der Waals surface area contributed by atoms with Crippen LogP contribution in [0.25, 0.3) is 11.4 Å². The second-order valence-corrected chi connectivity index (χ2v) is 6.27.